The second kappa shape index (κ2) is 3.71. The molecule has 15 heavy (non-hydrogen) atoms. The summed E-state index contributed by atoms with van der Waals surface area (Å²) in [5, 5.41) is 3.53. The van der Waals surface area contributed by atoms with Crippen molar-refractivity contribution in [1.82, 2.24) is 0 Å². The van der Waals surface area contributed by atoms with Crippen molar-refractivity contribution in [3.63, 3.8) is 0 Å². The van der Waals surface area contributed by atoms with Gasteiger partial charge >= 0.3 is 0 Å². The minimum atomic E-state index is 0.299. The summed E-state index contributed by atoms with van der Waals surface area (Å²) in [6.45, 7) is 6.66. The summed E-state index contributed by atoms with van der Waals surface area (Å²) in [7, 11) is 2.15. The number of rotatable bonds is 0. The maximum absolute atomic E-state index is 3.59. The zero-order chi connectivity index (χ0) is 11.1. The summed E-state index contributed by atoms with van der Waals surface area (Å²) in [4.78, 5) is 2.32. The van der Waals surface area contributed by atoms with Crippen molar-refractivity contribution in [1.29, 1.82) is 0 Å². The van der Waals surface area contributed by atoms with E-state index in [9.17, 15) is 0 Å². The van der Waals surface area contributed by atoms with Gasteiger partial charge in [0.2, 0.25) is 0 Å². The number of benzene rings is 1. The maximum Gasteiger partial charge on any atom is 0.0722 e. The van der Waals surface area contributed by atoms with Crippen LogP contribution in [0.15, 0.2) is 22.7 Å². The Morgan fingerprint density at radius 1 is 1.40 bits per heavy atom. The summed E-state index contributed by atoms with van der Waals surface area (Å²) < 4.78 is 1.14. The van der Waals surface area contributed by atoms with Crippen LogP contribution in [0, 0.1) is 5.41 Å². The second-order valence-electron chi connectivity index (χ2n) is 5.01. The second-order valence-corrected chi connectivity index (χ2v) is 5.86. The van der Waals surface area contributed by atoms with Crippen LogP contribution in [0.3, 0.4) is 0 Å². The van der Waals surface area contributed by atoms with Crippen molar-refractivity contribution in [2.24, 2.45) is 5.41 Å². The van der Waals surface area contributed by atoms with E-state index in [0.29, 0.717) is 5.41 Å². The van der Waals surface area contributed by atoms with Gasteiger partial charge in [-0.05, 0) is 33.5 Å². The fourth-order valence-electron chi connectivity index (χ4n) is 2.12. The first-order valence-corrected chi connectivity index (χ1v) is 6.02. The first-order chi connectivity index (χ1) is 6.99. The van der Waals surface area contributed by atoms with Crippen molar-refractivity contribution in [3.05, 3.63) is 22.7 Å². The Morgan fingerprint density at radius 3 is 2.87 bits per heavy atom. The molecule has 0 fully saturated rings. The van der Waals surface area contributed by atoms with Crippen LogP contribution in [0.25, 0.3) is 0 Å². The Hall–Kier alpha value is -0.700. The zero-order valence-electron chi connectivity index (χ0n) is 9.47. The molecule has 0 saturated carbocycles. The predicted octanol–water partition coefficient (Wildman–Crippen LogP) is 3.34. The van der Waals surface area contributed by atoms with Crippen LogP contribution >= 0.6 is 15.9 Å². The molecule has 1 heterocycles. The molecule has 82 valence electrons. The first kappa shape index (κ1) is 10.8. The molecule has 0 aromatic heterocycles. The van der Waals surface area contributed by atoms with Crippen LogP contribution in [0.2, 0.25) is 0 Å². The van der Waals surface area contributed by atoms with Gasteiger partial charge in [-0.25, -0.2) is 0 Å². The van der Waals surface area contributed by atoms with Gasteiger partial charge in [0.15, 0.2) is 0 Å². The number of nitrogens with one attached hydrogen (secondary N) is 1. The van der Waals surface area contributed by atoms with Crippen molar-refractivity contribution >= 4 is 27.3 Å². The van der Waals surface area contributed by atoms with Crippen LogP contribution in [-0.2, 0) is 0 Å². The molecule has 0 atom stereocenters. The van der Waals surface area contributed by atoms with Gasteiger partial charge in [-0.3, -0.25) is 0 Å². The van der Waals surface area contributed by atoms with Crippen LogP contribution in [-0.4, -0.2) is 20.1 Å². The molecular weight excluding hydrogens is 252 g/mol. The minimum Gasteiger partial charge on any atom is -0.382 e. The zero-order valence-corrected chi connectivity index (χ0v) is 11.1. The van der Waals surface area contributed by atoms with E-state index >= 15 is 0 Å². The fourth-order valence-corrected chi connectivity index (χ4v) is 2.61. The van der Waals surface area contributed by atoms with Gasteiger partial charge in [0, 0.05) is 24.6 Å². The fraction of sp³-hybridized carbons (Fsp3) is 0.500. The Kier molecular flexibility index (Phi) is 2.67. The molecule has 1 aliphatic heterocycles. The Balaban J connectivity index is 2.44. The average Bonchev–Trinajstić information content (AvgIpc) is 2.25. The van der Waals surface area contributed by atoms with Crippen LogP contribution in [0.4, 0.5) is 11.4 Å². The van der Waals surface area contributed by atoms with Crippen molar-refractivity contribution in [2.75, 3.05) is 30.4 Å². The minimum absolute atomic E-state index is 0.299. The van der Waals surface area contributed by atoms with E-state index in [-0.39, 0.29) is 0 Å². The molecular formula is C12H17BrN2. The average molecular weight is 269 g/mol. The van der Waals surface area contributed by atoms with Gasteiger partial charge < -0.3 is 10.2 Å². The molecule has 0 unspecified atom stereocenters. The van der Waals surface area contributed by atoms with Crippen molar-refractivity contribution < 1.29 is 0 Å². The smallest absolute Gasteiger partial charge is 0.0722 e. The standard InChI is InChI=1S/C12H17BrN2/c1-12(2)7-14-11-9(13)5-4-6-10(11)15(3)8-12/h4-6,14H,7-8H2,1-3H3. The summed E-state index contributed by atoms with van der Waals surface area (Å²) in [6.07, 6.45) is 0. The van der Waals surface area contributed by atoms with Gasteiger partial charge in [0.25, 0.3) is 0 Å². The molecule has 0 spiro atoms. The van der Waals surface area contributed by atoms with Crippen LogP contribution in [0.1, 0.15) is 13.8 Å². The quantitative estimate of drug-likeness (QED) is 0.777. The highest BCUT2D eigenvalue weighted by Gasteiger charge is 2.25. The van der Waals surface area contributed by atoms with Crippen LogP contribution < -0.4 is 10.2 Å². The van der Waals surface area contributed by atoms with Gasteiger partial charge in [-0.2, -0.15) is 0 Å². The lowest BCUT2D eigenvalue weighted by molar-refractivity contribution is 0.403. The van der Waals surface area contributed by atoms with E-state index in [2.05, 4.69) is 65.2 Å². The lowest BCUT2D eigenvalue weighted by Crippen LogP contribution is -2.33. The molecule has 1 N–H and O–H groups in total. The van der Waals surface area contributed by atoms with E-state index in [1.807, 2.05) is 0 Å². The Morgan fingerprint density at radius 2 is 2.13 bits per heavy atom. The summed E-state index contributed by atoms with van der Waals surface area (Å²) >= 11 is 3.59. The number of para-hydroxylation sites is 1. The predicted molar refractivity (Wildman–Crippen MR) is 69.7 cm³/mol. The van der Waals surface area contributed by atoms with Gasteiger partial charge in [0.1, 0.15) is 0 Å². The number of anilines is 2. The van der Waals surface area contributed by atoms with E-state index in [4.69, 9.17) is 0 Å². The largest absolute Gasteiger partial charge is 0.382 e. The molecule has 2 rings (SSSR count). The molecule has 1 aromatic carbocycles. The number of hydrogen-bond acceptors (Lipinski definition) is 2. The third-order valence-electron chi connectivity index (χ3n) is 2.81. The molecule has 0 aliphatic carbocycles. The molecule has 0 amide bonds. The van der Waals surface area contributed by atoms with Crippen LogP contribution in [0.5, 0.6) is 0 Å². The molecule has 0 bridgehead atoms. The molecule has 0 radical (unpaired) electrons. The Labute approximate surface area is 99.8 Å². The van der Waals surface area contributed by atoms with Gasteiger partial charge in [-0.1, -0.05) is 19.9 Å². The van der Waals surface area contributed by atoms with E-state index in [0.717, 1.165) is 17.6 Å². The summed E-state index contributed by atoms with van der Waals surface area (Å²) in [5.41, 5.74) is 2.79. The van der Waals surface area contributed by atoms with E-state index < -0.39 is 0 Å². The third-order valence-corrected chi connectivity index (χ3v) is 3.47. The number of fused-ring (bicyclic) bond motifs is 1. The van der Waals surface area contributed by atoms with E-state index in [1.165, 1.54) is 11.4 Å². The highest BCUT2D eigenvalue weighted by molar-refractivity contribution is 9.10. The molecule has 3 heteroatoms. The third kappa shape index (κ3) is 2.12. The maximum atomic E-state index is 3.59. The van der Waals surface area contributed by atoms with Gasteiger partial charge in [0.05, 0.1) is 11.4 Å². The molecule has 0 saturated heterocycles. The lowest BCUT2D eigenvalue weighted by Gasteiger charge is -2.27. The number of hydrogen-bond donors (Lipinski definition) is 1. The molecule has 1 aliphatic rings. The lowest BCUT2D eigenvalue weighted by atomic mass is 9.93. The topological polar surface area (TPSA) is 15.3 Å². The number of halogens is 1. The SMILES string of the molecule is CN1CC(C)(C)CNc2c(Br)cccc21. The van der Waals surface area contributed by atoms with Gasteiger partial charge in [-0.15, -0.1) is 0 Å². The molecule has 1 aromatic rings. The first-order valence-electron chi connectivity index (χ1n) is 5.23. The van der Waals surface area contributed by atoms with Crippen molar-refractivity contribution in [3.8, 4) is 0 Å². The highest BCUT2D eigenvalue weighted by atomic mass is 79.9. The van der Waals surface area contributed by atoms with Crippen molar-refractivity contribution in [2.45, 2.75) is 13.8 Å². The summed E-state index contributed by atoms with van der Waals surface area (Å²) in [6, 6.07) is 6.33. The highest BCUT2D eigenvalue weighted by Crippen LogP contribution is 2.37. The normalized spacial score (nSPS) is 19.1. The van der Waals surface area contributed by atoms with E-state index in [1.54, 1.807) is 0 Å². The monoisotopic (exact) mass is 268 g/mol. The molecule has 2 nitrogen and oxygen atoms in total. The number of nitrogens with zero attached hydrogens (tertiary/aromatic N) is 1. The summed E-state index contributed by atoms with van der Waals surface area (Å²) in [5.74, 6) is 0. The Bertz CT molecular complexity index is 374.